The third kappa shape index (κ3) is 14.8. The van der Waals surface area contributed by atoms with Crippen LogP contribution >= 0.6 is 11.8 Å². The summed E-state index contributed by atoms with van der Waals surface area (Å²) in [6.45, 7) is 9.46. The standard InChI is InChI=1S/C37H50O17S/c1-8-26-11-13-27(14-12-26)19-55-16-10-9-15-45-36-35(51-25(7)43)33(49-23(5)41)31(29(53-36)18-47-21(3)39)54-37-34(50-24(6)42)32(48-22(4)40)30(44)28(52-37)17-46-20(2)38/h8,11-14,28-37,44H,1,9-10,15-19H2,2-7H3/t28-,29-,30+,31-,32+,33+,34-,35-,36?,37+/m1/s1. The van der Waals surface area contributed by atoms with Crippen molar-refractivity contribution in [3.8, 4) is 0 Å². The van der Waals surface area contributed by atoms with Crippen molar-refractivity contribution in [3.05, 3.63) is 42.0 Å². The summed E-state index contributed by atoms with van der Waals surface area (Å²) < 4.78 is 56.7. The minimum Gasteiger partial charge on any atom is -0.463 e. The fourth-order valence-electron chi connectivity index (χ4n) is 5.73. The van der Waals surface area contributed by atoms with Gasteiger partial charge in [0.2, 0.25) is 0 Å². The minimum absolute atomic E-state index is 0.135. The van der Waals surface area contributed by atoms with Crippen LogP contribution in [0.25, 0.3) is 6.08 Å². The topological polar surface area (TPSA) is 215 Å². The van der Waals surface area contributed by atoms with Crippen molar-refractivity contribution in [1.29, 1.82) is 0 Å². The molecule has 17 nitrogen and oxygen atoms in total. The lowest BCUT2D eigenvalue weighted by molar-refractivity contribution is -0.360. The fourth-order valence-corrected chi connectivity index (χ4v) is 6.72. The molecule has 2 heterocycles. The molecule has 1 aromatic carbocycles. The monoisotopic (exact) mass is 798 g/mol. The minimum atomic E-state index is -1.74. The fraction of sp³-hybridized carbons (Fsp3) is 0.622. The summed E-state index contributed by atoms with van der Waals surface area (Å²) in [5, 5.41) is 11.1. The van der Waals surface area contributed by atoms with Crippen molar-refractivity contribution in [2.75, 3.05) is 25.6 Å². The van der Waals surface area contributed by atoms with Crippen LogP contribution in [-0.2, 0) is 81.9 Å². The van der Waals surface area contributed by atoms with Gasteiger partial charge in [-0.1, -0.05) is 36.9 Å². The largest absolute Gasteiger partial charge is 0.463 e. The zero-order valence-corrected chi connectivity index (χ0v) is 32.5. The molecule has 0 aromatic heterocycles. The number of hydrogen-bond donors (Lipinski definition) is 1. The number of esters is 6. The highest BCUT2D eigenvalue weighted by molar-refractivity contribution is 7.98. The van der Waals surface area contributed by atoms with Gasteiger partial charge in [-0.25, -0.2) is 0 Å². The molecule has 0 amide bonds. The molecule has 0 aliphatic carbocycles. The summed E-state index contributed by atoms with van der Waals surface area (Å²) in [7, 11) is 0. The van der Waals surface area contributed by atoms with Gasteiger partial charge in [0, 0.05) is 53.9 Å². The van der Waals surface area contributed by atoms with Crippen LogP contribution in [0.1, 0.15) is 65.5 Å². The summed E-state index contributed by atoms with van der Waals surface area (Å²) in [5.74, 6) is -3.17. The van der Waals surface area contributed by atoms with E-state index < -0.39 is 110 Å². The van der Waals surface area contributed by atoms with Gasteiger partial charge in [0.1, 0.15) is 37.6 Å². The van der Waals surface area contributed by atoms with Crippen molar-refractivity contribution >= 4 is 53.7 Å². The van der Waals surface area contributed by atoms with Crippen LogP contribution in [0.2, 0.25) is 0 Å². The first-order valence-electron chi connectivity index (χ1n) is 17.6. The molecule has 0 saturated carbocycles. The Morgan fingerprint density at radius 3 is 1.73 bits per heavy atom. The van der Waals surface area contributed by atoms with Gasteiger partial charge in [-0.15, -0.1) is 0 Å². The van der Waals surface area contributed by atoms with E-state index in [9.17, 15) is 33.9 Å². The molecule has 1 unspecified atom stereocenters. The summed E-state index contributed by atoms with van der Waals surface area (Å²) >= 11 is 1.74. The number of carbonyl (C=O) groups is 6. The van der Waals surface area contributed by atoms with E-state index in [0.717, 1.165) is 65.0 Å². The van der Waals surface area contributed by atoms with Gasteiger partial charge < -0.3 is 52.5 Å². The molecule has 0 radical (unpaired) electrons. The zero-order valence-electron chi connectivity index (χ0n) is 31.7. The van der Waals surface area contributed by atoms with Crippen LogP contribution in [0.15, 0.2) is 30.8 Å². The number of hydrogen-bond acceptors (Lipinski definition) is 18. The maximum Gasteiger partial charge on any atom is 0.303 e. The molecule has 2 aliphatic rings. The van der Waals surface area contributed by atoms with Crippen molar-refractivity contribution < 1.29 is 81.2 Å². The molecule has 2 saturated heterocycles. The van der Waals surface area contributed by atoms with Crippen LogP contribution in [0.4, 0.5) is 0 Å². The second-order valence-corrected chi connectivity index (χ2v) is 13.8. The van der Waals surface area contributed by atoms with E-state index in [1.807, 2.05) is 24.3 Å². The predicted molar refractivity (Wildman–Crippen MR) is 192 cm³/mol. The number of thioether (sulfide) groups is 1. The first-order chi connectivity index (χ1) is 26.1. The number of rotatable bonds is 19. The average molecular weight is 799 g/mol. The summed E-state index contributed by atoms with van der Waals surface area (Å²) in [6.07, 6.45) is -12.1. The normalized spacial score (nSPS) is 27.5. The molecule has 55 heavy (non-hydrogen) atoms. The van der Waals surface area contributed by atoms with Crippen LogP contribution in [0.3, 0.4) is 0 Å². The lowest BCUT2D eigenvalue weighted by atomic mass is 9.96. The third-order valence-corrected chi connectivity index (χ3v) is 9.17. The molecule has 0 spiro atoms. The SMILES string of the molecule is C=Cc1ccc(CSCCCCOC2O[C@H](COC(C)=O)[C@@H](O[C@@H]3O[C@H](COC(C)=O)[C@H](O)[C@H](OC(C)=O)[C@H]3OC(C)=O)[C@H](OC(C)=O)[C@H]2OC(C)=O)cc1. The van der Waals surface area contributed by atoms with Crippen LogP contribution in [0.5, 0.6) is 0 Å². The Labute approximate surface area is 323 Å². The van der Waals surface area contributed by atoms with Gasteiger partial charge in [-0.05, 0) is 29.7 Å². The van der Waals surface area contributed by atoms with E-state index in [1.165, 1.54) is 5.56 Å². The molecule has 306 valence electrons. The van der Waals surface area contributed by atoms with Crippen molar-refractivity contribution in [2.24, 2.45) is 0 Å². The highest BCUT2D eigenvalue weighted by atomic mass is 32.2. The Kier molecular flexibility index (Phi) is 18.5. The number of carbonyl (C=O) groups excluding carboxylic acids is 6. The Morgan fingerprint density at radius 1 is 0.673 bits per heavy atom. The van der Waals surface area contributed by atoms with E-state index >= 15 is 0 Å². The van der Waals surface area contributed by atoms with E-state index in [4.69, 9.17) is 47.4 Å². The van der Waals surface area contributed by atoms with Crippen LogP contribution in [0, 0.1) is 0 Å². The lowest BCUT2D eigenvalue weighted by Gasteiger charge is -2.48. The zero-order chi connectivity index (χ0) is 40.7. The second-order valence-electron chi connectivity index (χ2n) is 12.7. The van der Waals surface area contributed by atoms with Crippen LogP contribution < -0.4 is 0 Å². The quantitative estimate of drug-likeness (QED) is 0.121. The van der Waals surface area contributed by atoms with Gasteiger partial charge in [0.25, 0.3) is 0 Å². The second kappa shape index (κ2) is 22.5. The Balaban J connectivity index is 1.88. The maximum atomic E-state index is 12.6. The number of aliphatic hydroxyl groups is 1. The summed E-state index contributed by atoms with van der Waals surface area (Å²) in [5.41, 5.74) is 2.22. The van der Waals surface area contributed by atoms with Crippen molar-refractivity contribution in [3.63, 3.8) is 0 Å². The highest BCUT2D eigenvalue weighted by Gasteiger charge is 2.56. The number of ether oxygens (including phenoxy) is 10. The Bertz CT molecular complexity index is 1470. The van der Waals surface area contributed by atoms with Gasteiger partial charge in [-0.2, -0.15) is 11.8 Å². The lowest BCUT2D eigenvalue weighted by Crippen LogP contribution is -2.67. The number of benzene rings is 1. The summed E-state index contributed by atoms with van der Waals surface area (Å²) in [6, 6.07) is 8.10. The van der Waals surface area contributed by atoms with Crippen molar-refractivity contribution in [1.82, 2.24) is 0 Å². The highest BCUT2D eigenvalue weighted by Crippen LogP contribution is 2.35. The van der Waals surface area contributed by atoms with Gasteiger partial charge >= 0.3 is 35.8 Å². The molecule has 2 fully saturated rings. The van der Waals surface area contributed by atoms with Crippen LogP contribution in [-0.4, -0.2) is 128 Å². The van der Waals surface area contributed by atoms with Crippen molar-refractivity contribution in [2.45, 2.75) is 122 Å². The summed E-state index contributed by atoms with van der Waals surface area (Å²) in [4.78, 5) is 73.0. The molecule has 2 aliphatic heterocycles. The molecule has 0 bridgehead atoms. The van der Waals surface area contributed by atoms with Gasteiger partial charge in [0.15, 0.2) is 37.0 Å². The molecular formula is C37H50O17S. The first kappa shape index (κ1) is 45.3. The maximum absolute atomic E-state index is 12.6. The molecule has 1 N–H and O–H groups in total. The van der Waals surface area contributed by atoms with E-state index in [1.54, 1.807) is 17.8 Å². The van der Waals surface area contributed by atoms with E-state index in [-0.39, 0.29) is 6.61 Å². The molecule has 18 heteroatoms. The van der Waals surface area contributed by atoms with Gasteiger partial charge in [0.05, 0.1) is 0 Å². The molecule has 10 atom stereocenters. The third-order valence-electron chi connectivity index (χ3n) is 8.06. The van der Waals surface area contributed by atoms with E-state index in [0.29, 0.717) is 6.42 Å². The smallest absolute Gasteiger partial charge is 0.303 e. The molecule has 1 aromatic rings. The first-order valence-corrected chi connectivity index (χ1v) is 18.8. The predicted octanol–water partition coefficient (Wildman–Crippen LogP) is 2.41. The molecule has 3 rings (SSSR count). The van der Waals surface area contributed by atoms with Gasteiger partial charge in [-0.3, -0.25) is 28.8 Å². The Morgan fingerprint density at radius 2 is 1.18 bits per heavy atom. The van der Waals surface area contributed by atoms with E-state index in [2.05, 4.69) is 6.58 Å². The molecular weight excluding hydrogens is 748 g/mol. The number of unbranched alkanes of at least 4 members (excludes halogenated alkanes) is 1. The average Bonchev–Trinajstić information content (AvgIpc) is 3.10. The number of aliphatic hydroxyl groups excluding tert-OH is 1. The Hall–Kier alpha value is -4.07.